The smallest absolute Gasteiger partial charge is 0.222 e. The summed E-state index contributed by atoms with van der Waals surface area (Å²) in [4.78, 5) is 27.7. The Morgan fingerprint density at radius 2 is 1.66 bits per heavy atom. The zero-order valence-corrected chi connectivity index (χ0v) is 24.2. The van der Waals surface area contributed by atoms with Gasteiger partial charge in [0.1, 0.15) is 5.92 Å². The third-order valence-corrected chi connectivity index (χ3v) is 12.4. The molecule has 1 aromatic heterocycles. The maximum absolute atomic E-state index is 14.4. The van der Waals surface area contributed by atoms with Crippen LogP contribution in [-0.2, 0) is 15.0 Å². The van der Waals surface area contributed by atoms with Gasteiger partial charge in [0.25, 0.3) is 0 Å². The third-order valence-electron chi connectivity index (χ3n) is 12.4. The van der Waals surface area contributed by atoms with Crippen LogP contribution in [0.2, 0.25) is 0 Å². The van der Waals surface area contributed by atoms with E-state index in [2.05, 4.69) is 44.0 Å². The average molecular weight is 518 g/mol. The largest absolute Gasteiger partial charge is 0.425 e. The Morgan fingerprint density at radius 1 is 0.921 bits per heavy atom. The van der Waals surface area contributed by atoms with Crippen molar-refractivity contribution in [1.29, 1.82) is 5.26 Å². The second-order valence-electron chi connectivity index (χ2n) is 15.3. The highest BCUT2D eigenvalue weighted by Gasteiger charge is 2.67. The van der Waals surface area contributed by atoms with E-state index in [9.17, 15) is 14.9 Å². The lowest BCUT2D eigenvalue weighted by Crippen LogP contribution is -2.62. The van der Waals surface area contributed by atoms with Gasteiger partial charge in [-0.25, -0.2) is 0 Å². The van der Waals surface area contributed by atoms with E-state index in [4.69, 9.17) is 4.42 Å². The van der Waals surface area contributed by atoms with Crippen LogP contribution in [0.25, 0.3) is 0 Å². The molecule has 0 saturated heterocycles. The molecular formula is C32H43N3O3. The maximum Gasteiger partial charge on any atom is 0.222 e. The second kappa shape index (κ2) is 7.89. The molecule has 8 unspecified atom stereocenters. The molecule has 0 spiro atoms. The third kappa shape index (κ3) is 3.23. The van der Waals surface area contributed by atoms with Gasteiger partial charge in [0.2, 0.25) is 11.8 Å². The number of hydrogen-bond acceptors (Lipinski definition) is 6. The van der Waals surface area contributed by atoms with E-state index in [-0.39, 0.29) is 56.9 Å². The molecule has 38 heavy (non-hydrogen) atoms. The van der Waals surface area contributed by atoms with Crippen LogP contribution in [0.5, 0.6) is 0 Å². The average Bonchev–Trinajstić information content (AvgIpc) is 3.29. The highest BCUT2D eigenvalue weighted by Crippen LogP contribution is 2.71. The first-order chi connectivity index (χ1) is 17.7. The first-order valence-electron chi connectivity index (χ1n) is 14.7. The van der Waals surface area contributed by atoms with Gasteiger partial charge in [-0.2, -0.15) is 5.26 Å². The predicted octanol–water partition coefficient (Wildman–Crippen LogP) is 6.54. The van der Waals surface area contributed by atoms with Crippen LogP contribution in [0.15, 0.2) is 16.1 Å². The molecule has 0 aliphatic heterocycles. The molecule has 0 amide bonds. The lowest BCUT2D eigenvalue weighted by molar-refractivity contribution is -0.152. The number of ketones is 2. The fourth-order valence-corrected chi connectivity index (χ4v) is 10.6. The molecule has 4 saturated carbocycles. The number of nitrogens with zero attached hydrogens (tertiary/aromatic N) is 3. The van der Waals surface area contributed by atoms with Crippen LogP contribution >= 0.6 is 0 Å². The number of fused-ring (bicyclic) bond motifs is 7. The van der Waals surface area contributed by atoms with Crippen LogP contribution in [0.4, 0.5) is 0 Å². The van der Waals surface area contributed by atoms with Gasteiger partial charge >= 0.3 is 0 Å². The molecule has 6 heteroatoms. The molecule has 6 rings (SSSR count). The monoisotopic (exact) mass is 517 g/mol. The minimum Gasteiger partial charge on any atom is -0.425 e. The molecule has 6 nitrogen and oxygen atoms in total. The minimum absolute atomic E-state index is 0.0607. The molecule has 8 atom stereocenters. The highest BCUT2D eigenvalue weighted by atomic mass is 16.4. The zero-order valence-electron chi connectivity index (χ0n) is 24.2. The number of allylic oxidation sites excluding steroid dienone is 2. The van der Waals surface area contributed by atoms with Gasteiger partial charge in [-0.3, -0.25) is 9.59 Å². The summed E-state index contributed by atoms with van der Waals surface area (Å²) in [5, 5.41) is 18.7. The van der Waals surface area contributed by atoms with Crippen molar-refractivity contribution in [3.05, 3.63) is 23.4 Å². The summed E-state index contributed by atoms with van der Waals surface area (Å²) < 4.78 is 6.13. The second-order valence-corrected chi connectivity index (χ2v) is 15.3. The number of Topliss-reactive ketones (excluding diaryl/α,β-unsaturated/α-hetero) is 1. The van der Waals surface area contributed by atoms with Crippen LogP contribution in [0, 0.1) is 69.5 Å². The van der Waals surface area contributed by atoms with E-state index >= 15 is 0 Å². The molecule has 4 fully saturated rings. The number of hydrogen-bond donors (Lipinski definition) is 0. The van der Waals surface area contributed by atoms with Crippen LogP contribution in [-0.4, -0.2) is 21.8 Å². The van der Waals surface area contributed by atoms with Crippen molar-refractivity contribution in [3.8, 4) is 6.07 Å². The summed E-state index contributed by atoms with van der Waals surface area (Å²) in [5.41, 5.74) is 0.147. The zero-order chi connectivity index (χ0) is 27.5. The molecular weight excluding hydrogens is 474 g/mol. The Labute approximate surface area is 227 Å². The van der Waals surface area contributed by atoms with Gasteiger partial charge in [-0.15, -0.1) is 10.2 Å². The lowest BCUT2D eigenvalue weighted by Gasteiger charge is -2.65. The van der Waals surface area contributed by atoms with Gasteiger partial charge in [-0.1, -0.05) is 47.1 Å². The van der Waals surface area contributed by atoms with E-state index < -0.39 is 11.3 Å². The molecule has 0 bridgehead atoms. The summed E-state index contributed by atoms with van der Waals surface area (Å²) >= 11 is 0. The van der Waals surface area contributed by atoms with E-state index in [1.54, 1.807) is 0 Å². The number of rotatable bonds is 1. The molecule has 0 N–H and O–H groups in total. The van der Waals surface area contributed by atoms with Gasteiger partial charge < -0.3 is 4.42 Å². The summed E-state index contributed by atoms with van der Waals surface area (Å²) in [6, 6.07) is 2.33. The van der Waals surface area contributed by atoms with Crippen LogP contribution in [0.1, 0.15) is 105 Å². The van der Waals surface area contributed by atoms with Gasteiger partial charge in [-0.05, 0) is 91.4 Å². The van der Waals surface area contributed by atoms with Gasteiger partial charge in [0, 0.05) is 18.3 Å². The number of carbonyl (C=O) groups is 2. The summed E-state index contributed by atoms with van der Waals surface area (Å²) in [6.45, 7) is 15.2. The first kappa shape index (κ1) is 26.0. The van der Waals surface area contributed by atoms with E-state index in [0.29, 0.717) is 12.3 Å². The van der Waals surface area contributed by atoms with Crippen LogP contribution in [0.3, 0.4) is 0 Å². The van der Waals surface area contributed by atoms with Crippen LogP contribution < -0.4 is 0 Å². The predicted molar refractivity (Wildman–Crippen MR) is 143 cm³/mol. The molecule has 5 aliphatic rings. The van der Waals surface area contributed by atoms with Gasteiger partial charge in [0.15, 0.2) is 11.6 Å². The molecule has 1 heterocycles. The van der Waals surface area contributed by atoms with Crippen molar-refractivity contribution in [2.24, 2.45) is 51.2 Å². The molecule has 0 radical (unpaired) electrons. The quantitative estimate of drug-likeness (QED) is 0.420. The first-order valence-corrected chi connectivity index (χ1v) is 14.7. The highest BCUT2D eigenvalue weighted by molar-refractivity contribution is 5.95. The Hall–Kier alpha value is -2.29. The fourth-order valence-electron chi connectivity index (χ4n) is 10.6. The topological polar surface area (TPSA) is 96.9 Å². The Kier molecular flexibility index (Phi) is 5.39. The number of aromatic nitrogens is 2. The molecule has 0 aromatic carbocycles. The van der Waals surface area contributed by atoms with Crippen molar-refractivity contribution in [3.63, 3.8) is 0 Å². The number of aryl methyl sites for hydroxylation is 1. The number of nitriles is 1. The van der Waals surface area contributed by atoms with E-state index in [1.807, 2.05) is 26.8 Å². The van der Waals surface area contributed by atoms with Crippen molar-refractivity contribution in [2.45, 2.75) is 105 Å². The standard InChI is InChI=1S/C32H43N3O3/c1-18-34-35-27(38-18)32-11-8-20-25(21(32)16-28(2,3)12-13-32)22(36)14-24-30(20,6)10-9-23-29(4,5)26(37)19(17-33)15-31(23,24)7/h14,19-21,23,25H,8-13,15-16H2,1-7H3. The van der Waals surface area contributed by atoms with Crippen molar-refractivity contribution < 1.29 is 14.0 Å². The lowest BCUT2D eigenvalue weighted by atomic mass is 9.37. The summed E-state index contributed by atoms with van der Waals surface area (Å²) in [7, 11) is 0. The molecule has 204 valence electrons. The van der Waals surface area contributed by atoms with Crippen molar-refractivity contribution in [1.82, 2.24) is 10.2 Å². The maximum atomic E-state index is 14.4. The SMILES string of the molecule is Cc1nnc(C23CCC4C(C(=O)C=C5C4(C)CCC4C(C)(C)C(=O)C(C#N)CC54C)C2CC(C)(C)CC3)o1. The Morgan fingerprint density at radius 3 is 2.32 bits per heavy atom. The van der Waals surface area contributed by atoms with E-state index in [1.165, 1.54) is 5.57 Å². The van der Waals surface area contributed by atoms with Crippen molar-refractivity contribution >= 4 is 11.6 Å². The Bertz CT molecular complexity index is 1280. The summed E-state index contributed by atoms with van der Waals surface area (Å²) in [5.74, 6) is 1.56. The molecule has 1 aromatic rings. The van der Waals surface area contributed by atoms with E-state index in [0.717, 1.165) is 50.8 Å². The normalized spacial score (nSPS) is 45.1. The summed E-state index contributed by atoms with van der Waals surface area (Å²) in [6.07, 6.45) is 9.48. The number of carbonyl (C=O) groups excluding carboxylic acids is 2. The van der Waals surface area contributed by atoms with Crippen molar-refractivity contribution in [2.75, 3.05) is 0 Å². The Balaban J connectivity index is 1.47. The fraction of sp³-hybridized carbons (Fsp3) is 0.781. The molecule has 5 aliphatic carbocycles. The minimum atomic E-state index is -0.610. The van der Waals surface area contributed by atoms with Gasteiger partial charge in [0.05, 0.1) is 11.5 Å².